The number of nitrogens with zero attached hydrogens (tertiary/aromatic N) is 1. The molecule has 15 heavy (non-hydrogen) atoms. The van der Waals surface area contributed by atoms with E-state index in [2.05, 4.69) is 12.2 Å². The number of hydrogen-bond donors (Lipinski definition) is 1. The summed E-state index contributed by atoms with van der Waals surface area (Å²) in [6.07, 6.45) is 1.01. The van der Waals surface area contributed by atoms with Crippen molar-refractivity contribution in [3.63, 3.8) is 0 Å². The third kappa shape index (κ3) is 2.38. The molecule has 1 aliphatic rings. The van der Waals surface area contributed by atoms with Gasteiger partial charge in [0.2, 0.25) is 5.76 Å². The maximum Gasteiger partial charge on any atom is 0.203 e. The Labute approximate surface area is 88.8 Å². The molecule has 1 N–H and O–H groups in total. The Kier molecular flexibility index (Phi) is 2.76. The van der Waals surface area contributed by atoms with Gasteiger partial charge in [0.25, 0.3) is 0 Å². The highest BCUT2D eigenvalue weighted by Crippen LogP contribution is 2.18. The van der Waals surface area contributed by atoms with Gasteiger partial charge in [0.05, 0.1) is 13.2 Å². The van der Waals surface area contributed by atoms with Gasteiger partial charge in [-0.1, -0.05) is 0 Å². The fourth-order valence-electron chi connectivity index (χ4n) is 1.64. The van der Waals surface area contributed by atoms with E-state index in [1.54, 1.807) is 6.07 Å². The molecule has 2 rings (SSSR count). The zero-order valence-electron chi connectivity index (χ0n) is 8.75. The fraction of sp³-hybridized carbons (Fsp3) is 0.545. The van der Waals surface area contributed by atoms with Crippen LogP contribution in [0.4, 0.5) is 0 Å². The van der Waals surface area contributed by atoms with E-state index in [1.807, 2.05) is 12.1 Å². The molecule has 1 atom stereocenters. The Balaban J connectivity index is 1.90. The molecule has 0 bridgehead atoms. The van der Waals surface area contributed by atoms with Crippen LogP contribution in [0, 0.1) is 11.3 Å². The van der Waals surface area contributed by atoms with Crippen LogP contribution >= 0.6 is 0 Å². The first-order valence-corrected chi connectivity index (χ1v) is 5.03. The topological polar surface area (TPSA) is 58.2 Å². The van der Waals surface area contributed by atoms with Gasteiger partial charge in [0, 0.05) is 12.1 Å². The second kappa shape index (κ2) is 4.05. The fourth-order valence-corrected chi connectivity index (χ4v) is 1.64. The van der Waals surface area contributed by atoms with Crippen LogP contribution in [-0.2, 0) is 11.3 Å². The lowest BCUT2D eigenvalue weighted by atomic mass is 10.0. The molecule has 0 spiro atoms. The van der Waals surface area contributed by atoms with E-state index in [9.17, 15) is 0 Å². The standard InChI is InChI=1S/C11H14N2O2/c1-11(4-5-14-8-11)13-7-10-3-2-9(6-12)15-10/h2-3,13H,4-5,7-8H2,1H3. The SMILES string of the molecule is CC1(NCc2ccc(C#N)o2)CCOC1. The molecule has 1 aromatic rings. The summed E-state index contributed by atoms with van der Waals surface area (Å²) in [5.41, 5.74) is 0.0413. The highest BCUT2D eigenvalue weighted by molar-refractivity contribution is 5.19. The van der Waals surface area contributed by atoms with E-state index in [0.29, 0.717) is 12.3 Å². The Morgan fingerprint density at radius 3 is 3.07 bits per heavy atom. The molecule has 2 heterocycles. The van der Waals surface area contributed by atoms with Gasteiger partial charge in [-0.05, 0) is 25.5 Å². The van der Waals surface area contributed by atoms with Gasteiger partial charge in [0.15, 0.2) is 0 Å². The van der Waals surface area contributed by atoms with Crippen LogP contribution in [0.1, 0.15) is 24.9 Å². The Hall–Kier alpha value is -1.31. The van der Waals surface area contributed by atoms with Crippen LogP contribution in [0.25, 0.3) is 0 Å². The van der Waals surface area contributed by atoms with E-state index in [1.165, 1.54) is 0 Å². The van der Waals surface area contributed by atoms with Gasteiger partial charge < -0.3 is 14.5 Å². The highest BCUT2D eigenvalue weighted by atomic mass is 16.5. The predicted molar refractivity (Wildman–Crippen MR) is 54.1 cm³/mol. The molecule has 0 radical (unpaired) electrons. The average Bonchev–Trinajstić information content (AvgIpc) is 2.84. The van der Waals surface area contributed by atoms with Gasteiger partial charge in [-0.25, -0.2) is 0 Å². The molecule has 1 unspecified atom stereocenters. The third-order valence-electron chi connectivity index (χ3n) is 2.68. The largest absolute Gasteiger partial charge is 0.449 e. The molecule has 4 heteroatoms. The zero-order valence-corrected chi connectivity index (χ0v) is 8.75. The second-order valence-electron chi connectivity index (χ2n) is 4.09. The molecule has 1 saturated heterocycles. The molecular weight excluding hydrogens is 192 g/mol. The summed E-state index contributed by atoms with van der Waals surface area (Å²) in [6, 6.07) is 5.47. The lowest BCUT2D eigenvalue weighted by molar-refractivity contribution is 0.170. The molecule has 80 valence electrons. The Morgan fingerprint density at radius 2 is 2.47 bits per heavy atom. The molecule has 0 aromatic carbocycles. The van der Waals surface area contributed by atoms with Crippen molar-refractivity contribution in [1.29, 1.82) is 5.26 Å². The number of furan rings is 1. The van der Waals surface area contributed by atoms with E-state index < -0.39 is 0 Å². The molecule has 1 aromatic heterocycles. The normalized spacial score (nSPS) is 25.3. The van der Waals surface area contributed by atoms with Crippen molar-refractivity contribution in [3.8, 4) is 6.07 Å². The molecular formula is C11H14N2O2. The molecule has 0 aliphatic carbocycles. The van der Waals surface area contributed by atoms with Gasteiger partial charge in [-0.15, -0.1) is 0 Å². The highest BCUT2D eigenvalue weighted by Gasteiger charge is 2.28. The van der Waals surface area contributed by atoms with Crippen LogP contribution in [0.5, 0.6) is 0 Å². The minimum absolute atomic E-state index is 0.0413. The average molecular weight is 206 g/mol. The number of rotatable bonds is 3. The Bertz CT molecular complexity index is 372. The zero-order chi connectivity index (χ0) is 10.7. The summed E-state index contributed by atoms with van der Waals surface area (Å²) in [5, 5.41) is 12.0. The lowest BCUT2D eigenvalue weighted by Crippen LogP contribution is -2.42. The van der Waals surface area contributed by atoms with Crippen LogP contribution < -0.4 is 5.32 Å². The summed E-state index contributed by atoms with van der Waals surface area (Å²) in [4.78, 5) is 0. The first-order chi connectivity index (χ1) is 7.22. The summed E-state index contributed by atoms with van der Waals surface area (Å²) in [7, 11) is 0. The lowest BCUT2D eigenvalue weighted by Gasteiger charge is -2.22. The van der Waals surface area contributed by atoms with E-state index in [4.69, 9.17) is 14.4 Å². The number of nitriles is 1. The van der Waals surface area contributed by atoms with Crippen molar-refractivity contribution in [3.05, 3.63) is 23.7 Å². The predicted octanol–water partition coefficient (Wildman–Crippen LogP) is 1.42. The minimum atomic E-state index is 0.0413. The minimum Gasteiger partial charge on any atom is -0.449 e. The molecule has 1 aliphatic heterocycles. The third-order valence-corrected chi connectivity index (χ3v) is 2.68. The van der Waals surface area contributed by atoms with Gasteiger partial charge in [0.1, 0.15) is 11.8 Å². The van der Waals surface area contributed by atoms with Crippen molar-refractivity contribution in [1.82, 2.24) is 5.32 Å². The van der Waals surface area contributed by atoms with Crippen LogP contribution in [0.15, 0.2) is 16.5 Å². The quantitative estimate of drug-likeness (QED) is 0.812. The summed E-state index contributed by atoms with van der Waals surface area (Å²) in [5.74, 6) is 1.15. The second-order valence-corrected chi connectivity index (χ2v) is 4.09. The monoisotopic (exact) mass is 206 g/mol. The molecule has 1 fully saturated rings. The van der Waals surface area contributed by atoms with E-state index in [-0.39, 0.29) is 5.54 Å². The van der Waals surface area contributed by atoms with Gasteiger partial charge in [-0.2, -0.15) is 5.26 Å². The Morgan fingerprint density at radius 1 is 1.60 bits per heavy atom. The number of nitrogens with one attached hydrogen (secondary N) is 1. The van der Waals surface area contributed by atoms with Crippen molar-refractivity contribution in [2.45, 2.75) is 25.4 Å². The van der Waals surface area contributed by atoms with E-state index in [0.717, 1.165) is 25.4 Å². The maximum absolute atomic E-state index is 8.60. The summed E-state index contributed by atoms with van der Waals surface area (Å²) in [6.45, 7) is 4.32. The van der Waals surface area contributed by atoms with Gasteiger partial charge in [-0.3, -0.25) is 0 Å². The molecule has 0 saturated carbocycles. The number of ether oxygens (including phenoxy) is 1. The van der Waals surface area contributed by atoms with Crippen LogP contribution in [0.2, 0.25) is 0 Å². The molecule has 0 amide bonds. The number of hydrogen-bond acceptors (Lipinski definition) is 4. The van der Waals surface area contributed by atoms with Crippen LogP contribution in [-0.4, -0.2) is 18.8 Å². The van der Waals surface area contributed by atoms with Gasteiger partial charge >= 0.3 is 0 Å². The maximum atomic E-state index is 8.60. The van der Waals surface area contributed by atoms with Crippen molar-refractivity contribution < 1.29 is 9.15 Å². The first kappa shape index (κ1) is 10.2. The van der Waals surface area contributed by atoms with E-state index >= 15 is 0 Å². The van der Waals surface area contributed by atoms with Crippen molar-refractivity contribution in [2.24, 2.45) is 0 Å². The first-order valence-electron chi connectivity index (χ1n) is 5.03. The summed E-state index contributed by atoms with van der Waals surface area (Å²) >= 11 is 0. The van der Waals surface area contributed by atoms with Crippen molar-refractivity contribution in [2.75, 3.05) is 13.2 Å². The smallest absolute Gasteiger partial charge is 0.203 e. The van der Waals surface area contributed by atoms with Crippen LogP contribution in [0.3, 0.4) is 0 Å². The van der Waals surface area contributed by atoms with Crippen molar-refractivity contribution >= 4 is 0 Å². The molecule has 4 nitrogen and oxygen atoms in total. The summed E-state index contributed by atoms with van der Waals surface area (Å²) < 4.78 is 10.6.